The van der Waals surface area contributed by atoms with Crippen LogP contribution in [0, 0.1) is 16.7 Å². The van der Waals surface area contributed by atoms with Crippen LogP contribution >= 0.6 is 0 Å². The summed E-state index contributed by atoms with van der Waals surface area (Å²) in [6, 6.07) is 0. The Hall–Kier alpha value is -0.790. The molecule has 2 rings (SSSR count). The maximum atomic E-state index is 11.9. The van der Waals surface area contributed by atoms with E-state index in [9.17, 15) is 4.79 Å². The summed E-state index contributed by atoms with van der Waals surface area (Å²) in [5.41, 5.74) is 1.19. The van der Waals surface area contributed by atoms with E-state index >= 15 is 0 Å². The molecule has 0 spiro atoms. The van der Waals surface area contributed by atoms with E-state index in [0.29, 0.717) is 11.0 Å². The fourth-order valence-electron chi connectivity index (χ4n) is 3.65. The second-order valence-electron chi connectivity index (χ2n) is 6.48. The lowest BCUT2D eigenvalue weighted by Gasteiger charge is -2.38. The van der Waals surface area contributed by atoms with Gasteiger partial charge < -0.3 is 4.74 Å². The zero-order valence-electron chi connectivity index (χ0n) is 11.7. The third-order valence-corrected chi connectivity index (χ3v) is 5.72. The molecule has 0 aromatic rings. The van der Waals surface area contributed by atoms with E-state index in [4.69, 9.17) is 4.74 Å². The zero-order chi connectivity index (χ0) is 12.8. The first-order valence-electron chi connectivity index (χ1n) is 6.67. The smallest absolute Gasteiger partial charge is 0.333 e. The lowest BCUT2D eigenvalue weighted by atomic mass is 9.70. The summed E-state index contributed by atoms with van der Waals surface area (Å²) in [6.07, 6.45) is 5.46. The van der Waals surface area contributed by atoms with E-state index in [1.54, 1.807) is 0 Å². The van der Waals surface area contributed by atoms with Crippen LogP contribution in [0.2, 0.25) is 0 Å². The van der Waals surface area contributed by atoms with Crippen LogP contribution in [-0.4, -0.2) is 12.1 Å². The molecule has 96 valence electrons. The van der Waals surface area contributed by atoms with E-state index in [1.165, 1.54) is 12.8 Å². The van der Waals surface area contributed by atoms with E-state index < -0.39 is 0 Å². The quantitative estimate of drug-likeness (QED) is 0.539. The largest absolute Gasteiger partial charge is 0.458 e. The van der Waals surface area contributed by atoms with Crippen LogP contribution in [0.15, 0.2) is 11.6 Å². The van der Waals surface area contributed by atoms with Crippen LogP contribution in [-0.2, 0) is 9.53 Å². The lowest BCUT2D eigenvalue weighted by molar-refractivity contribution is -0.151. The van der Waals surface area contributed by atoms with Gasteiger partial charge >= 0.3 is 5.97 Å². The zero-order valence-corrected chi connectivity index (χ0v) is 11.7. The average molecular weight is 236 g/mol. The minimum Gasteiger partial charge on any atom is -0.458 e. The molecule has 0 heterocycles. The minimum absolute atomic E-state index is 0.110. The Morgan fingerprint density at radius 3 is 2.41 bits per heavy atom. The molecule has 0 aromatic heterocycles. The van der Waals surface area contributed by atoms with E-state index in [2.05, 4.69) is 20.8 Å². The van der Waals surface area contributed by atoms with Crippen molar-refractivity contribution in [1.82, 2.24) is 0 Å². The third-order valence-electron chi connectivity index (χ3n) is 5.72. The predicted octanol–water partition coefficient (Wildman–Crippen LogP) is 3.71. The molecule has 3 unspecified atom stereocenters. The summed E-state index contributed by atoms with van der Waals surface area (Å²) in [5.74, 6) is 0.582. The van der Waals surface area contributed by atoms with Crippen LogP contribution in [0.4, 0.5) is 0 Å². The average Bonchev–Trinajstić information content (AvgIpc) is 2.60. The third kappa shape index (κ3) is 1.64. The fourth-order valence-corrected chi connectivity index (χ4v) is 3.65. The molecule has 2 bridgehead atoms. The number of allylic oxidation sites excluding steroid dienone is 1. The molecule has 0 radical (unpaired) electrons. The van der Waals surface area contributed by atoms with E-state index in [0.717, 1.165) is 12.3 Å². The maximum absolute atomic E-state index is 11.9. The number of fused-ring (bicyclic) bond motifs is 2. The van der Waals surface area contributed by atoms with Crippen LogP contribution in [0.5, 0.6) is 0 Å². The van der Waals surface area contributed by atoms with Gasteiger partial charge in [0.15, 0.2) is 0 Å². The molecule has 2 saturated carbocycles. The topological polar surface area (TPSA) is 26.3 Å². The Bertz CT molecular complexity index is 367. The first-order chi connectivity index (χ1) is 7.83. The summed E-state index contributed by atoms with van der Waals surface area (Å²) in [7, 11) is 0. The van der Waals surface area contributed by atoms with Gasteiger partial charge in [-0.05, 0) is 44.4 Å². The Kier molecular flexibility index (Phi) is 2.87. The van der Waals surface area contributed by atoms with Crippen molar-refractivity contribution in [3.05, 3.63) is 11.6 Å². The van der Waals surface area contributed by atoms with Gasteiger partial charge in [0.2, 0.25) is 0 Å². The van der Waals surface area contributed by atoms with Gasteiger partial charge in [-0.25, -0.2) is 4.79 Å². The first kappa shape index (κ1) is 12.7. The highest BCUT2D eigenvalue weighted by Gasteiger charge is 2.62. The molecule has 2 heteroatoms. The van der Waals surface area contributed by atoms with Crippen LogP contribution < -0.4 is 0 Å². The van der Waals surface area contributed by atoms with Crippen molar-refractivity contribution in [2.45, 2.75) is 60.0 Å². The number of hydrogen-bond donors (Lipinski definition) is 0. The molecule has 3 atom stereocenters. The molecule has 2 nitrogen and oxygen atoms in total. The van der Waals surface area contributed by atoms with Crippen molar-refractivity contribution < 1.29 is 9.53 Å². The molecule has 0 aliphatic heterocycles. The van der Waals surface area contributed by atoms with Crippen LogP contribution in [0.25, 0.3) is 0 Å². The summed E-state index contributed by atoms with van der Waals surface area (Å²) < 4.78 is 5.73. The normalized spacial score (nSPS) is 39.5. The Labute approximate surface area is 104 Å². The van der Waals surface area contributed by atoms with Crippen molar-refractivity contribution in [3.63, 3.8) is 0 Å². The van der Waals surface area contributed by atoms with Crippen molar-refractivity contribution in [1.29, 1.82) is 0 Å². The van der Waals surface area contributed by atoms with Gasteiger partial charge in [0.1, 0.15) is 6.10 Å². The van der Waals surface area contributed by atoms with Crippen LogP contribution in [0.3, 0.4) is 0 Å². The fraction of sp³-hybridized carbons (Fsp3) is 0.800. The summed E-state index contributed by atoms with van der Waals surface area (Å²) in [5, 5.41) is 0. The number of rotatable bonds is 2. The van der Waals surface area contributed by atoms with E-state index in [-0.39, 0.29) is 17.5 Å². The van der Waals surface area contributed by atoms with Crippen molar-refractivity contribution in [2.75, 3.05) is 0 Å². The number of carbonyl (C=O) groups is 1. The Morgan fingerprint density at radius 2 is 2.00 bits per heavy atom. The van der Waals surface area contributed by atoms with Gasteiger partial charge in [-0.3, -0.25) is 0 Å². The van der Waals surface area contributed by atoms with Crippen molar-refractivity contribution in [3.8, 4) is 0 Å². The number of ether oxygens (including phenoxy) is 1. The summed E-state index contributed by atoms with van der Waals surface area (Å²) in [4.78, 5) is 11.9. The maximum Gasteiger partial charge on any atom is 0.333 e. The molecule has 0 aromatic carbocycles. The number of hydrogen-bond acceptors (Lipinski definition) is 2. The van der Waals surface area contributed by atoms with Crippen LogP contribution in [0.1, 0.15) is 53.9 Å². The molecule has 17 heavy (non-hydrogen) atoms. The number of esters is 1. The molecule has 2 aliphatic carbocycles. The highest BCUT2D eigenvalue weighted by molar-refractivity contribution is 5.87. The molecular weight excluding hydrogens is 212 g/mol. The number of carbonyl (C=O) groups excluding carboxylic acids is 1. The highest BCUT2D eigenvalue weighted by atomic mass is 16.5. The second kappa shape index (κ2) is 3.86. The Balaban J connectivity index is 2.14. The summed E-state index contributed by atoms with van der Waals surface area (Å²) in [6.45, 7) is 10.7. The molecule has 0 saturated heterocycles. The highest BCUT2D eigenvalue weighted by Crippen LogP contribution is 2.66. The Morgan fingerprint density at radius 1 is 1.35 bits per heavy atom. The van der Waals surface area contributed by atoms with Gasteiger partial charge in [0.05, 0.1) is 0 Å². The van der Waals surface area contributed by atoms with Gasteiger partial charge in [0, 0.05) is 11.0 Å². The first-order valence-corrected chi connectivity index (χ1v) is 6.67. The molecule has 0 N–H and O–H groups in total. The predicted molar refractivity (Wildman–Crippen MR) is 68.5 cm³/mol. The van der Waals surface area contributed by atoms with Gasteiger partial charge in [-0.15, -0.1) is 0 Å². The standard InChI is InChI=1S/C15H24O2/c1-6-10(2)13(16)17-12-9-11-7-8-15(12,5)14(11,3)4/h6,11-12H,7-9H2,1-5H3/b10-6+. The van der Waals surface area contributed by atoms with Gasteiger partial charge in [-0.2, -0.15) is 0 Å². The lowest BCUT2D eigenvalue weighted by Crippen LogP contribution is -2.38. The van der Waals surface area contributed by atoms with Crippen molar-refractivity contribution in [2.24, 2.45) is 16.7 Å². The van der Waals surface area contributed by atoms with Gasteiger partial charge in [-0.1, -0.05) is 26.8 Å². The van der Waals surface area contributed by atoms with Crippen molar-refractivity contribution >= 4 is 5.97 Å². The minimum atomic E-state index is -0.137. The molecule has 0 amide bonds. The van der Waals surface area contributed by atoms with Gasteiger partial charge in [0.25, 0.3) is 0 Å². The monoisotopic (exact) mass is 236 g/mol. The molecular formula is C15H24O2. The summed E-state index contributed by atoms with van der Waals surface area (Å²) >= 11 is 0. The molecule has 2 fully saturated rings. The second-order valence-corrected chi connectivity index (χ2v) is 6.48. The van der Waals surface area contributed by atoms with E-state index in [1.807, 2.05) is 19.9 Å². The SMILES string of the molecule is C/C=C(\C)C(=O)OC1CC2CCC1(C)C2(C)C. The molecule has 2 aliphatic rings.